The molecule has 0 aliphatic carbocycles. The lowest BCUT2D eigenvalue weighted by Gasteiger charge is -2.18. The van der Waals surface area contributed by atoms with E-state index >= 15 is 0 Å². The molecule has 0 radical (unpaired) electrons. The summed E-state index contributed by atoms with van der Waals surface area (Å²) in [5.41, 5.74) is 1.25. The first-order chi connectivity index (χ1) is 10.6. The second-order valence-electron chi connectivity index (χ2n) is 6.16. The van der Waals surface area contributed by atoms with Crippen LogP contribution in [0.5, 0.6) is 0 Å². The van der Waals surface area contributed by atoms with Crippen molar-refractivity contribution in [1.29, 1.82) is 5.26 Å². The van der Waals surface area contributed by atoms with Gasteiger partial charge in [0.15, 0.2) is 0 Å². The van der Waals surface area contributed by atoms with Gasteiger partial charge in [-0.25, -0.2) is 12.7 Å². The number of benzene rings is 1. The van der Waals surface area contributed by atoms with Crippen molar-refractivity contribution in [3.63, 3.8) is 0 Å². The minimum atomic E-state index is -3.33. The highest BCUT2D eigenvalue weighted by molar-refractivity contribution is 7.88. The standard InChI is InChI=1S/C16H16N2O3S/c17-7-11-1-3-12(4-2-11)10-22(19,20)18-8-13-14(9-18)16-6-5-15(13)21-16/h1-6,13-16H,8-10H2. The van der Waals surface area contributed by atoms with Crippen LogP contribution in [0.25, 0.3) is 0 Å². The molecule has 4 atom stereocenters. The molecule has 3 aliphatic rings. The molecule has 4 rings (SSSR count). The number of hydrogen-bond donors (Lipinski definition) is 0. The van der Waals surface area contributed by atoms with E-state index < -0.39 is 10.0 Å². The smallest absolute Gasteiger partial charge is 0.218 e. The summed E-state index contributed by atoms with van der Waals surface area (Å²) in [6.45, 7) is 1.10. The summed E-state index contributed by atoms with van der Waals surface area (Å²) >= 11 is 0. The number of hydrogen-bond acceptors (Lipinski definition) is 4. The number of nitrogens with zero attached hydrogens (tertiary/aromatic N) is 2. The topological polar surface area (TPSA) is 70.4 Å². The lowest BCUT2D eigenvalue weighted by molar-refractivity contribution is 0.0929. The van der Waals surface area contributed by atoms with E-state index in [1.807, 2.05) is 6.07 Å². The molecular weight excluding hydrogens is 300 g/mol. The van der Waals surface area contributed by atoms with Crippen molar-refractivity contribution in [2.45, 2.75) is 18.0 Å². The zero-order valence-electron chi connectivity index (χ0n) is 11.9. The quantitative estimate of drug-likeness (QED) is 0.788. The molecule has 4 unspecified atom stereocenters. The highest BCUT2D eigenvalue weighted by Crippen LogP contribution is 2.44. The summed E-state index contributed by atoms with van der Waals surface area (Å²) in [5.74, 6) is 0.582. The van der Waals surface area contributed by atoms with E-state index in [9.17, 15) is 8.42 Å². The van der Waals surface area contributed by atoms with Crippen LogP contribution in [0, 0.1) is 23.2 Å². The van der Waals surface area contributed by atoms with Crippen molar-refractivity contribution >= 4 is 10.0 Å². The number of fused-ring (bicyclic) bond motifs is 5. The van der Waals surface area contributed by atoms with Gasteiger partial charge in [0.2, 0.25) is 10.0 Å². The maximum Gasteiger partial charge on any atom is 0.218 e. The van der Waals surface area contributed by atoms with Crippen LogP contribution in [0.3, 0.4) is 0 Å². The molecule has 2 fully saturated rings. The van der Waals surface area contributed by atoms with Gasteiger partial charge in [0.05, 0.1) is 29.6 Å². The number of sulfonamides is 1. The van der Waals surface area contributed by atoms with Gasteiger partial charge in [0.25, 0.3) is 0 Å². The number of nitriles is 1. The fourth-order valence-electron chi connectivity index (χ4n) is 3.69. The van der Waals surface area contributed by atoms with Crippen LogP contribution in [0.15, 0.2) is 36.4 Å². The Bertz CT molecular complexity index is 744. The normalized spacial score (nSPS) is 33.0. The second kappa shape index (κ2) is 4.92. The lowest BCUT2D eigenvalue weighted by atomic mass is 9.86. The van der Waals surface area contributed by atoms with Gasteiger partial charge in [-0.2, -0.15) is 5.26 Å². The highest BCUT2D eigenvalue weighted by Gasteiger charge is 2.52. The second-order valence-corrected chi connectivity index (χ2v) is 8.13. The molecule has 3 aliphatic heterocycles. The fourth-order valence-corrected chi connectivity index (χ4v) is 5.29. The predicted octanol–water partition coefficient (Wildman–Crippen LogP) is 1.27. The van der Waals surface area contributed by atoms with Gasteiger partial charge in [-0.3, -0.25) is 0 Å². The van der Waals surface area contributed by atoms with E-state index in [1.165, 1.54) is 0 Å². The lowest BCUT2D eigenvalue weighted by Crippen LogP contribution is -2.32. The third kappa shape index (κ3) is 2.17. The van der Waals surface area contributed by atoms with E-state index in [4.69, 9.17) is 10.00 Å². The highest BCUT2D eigenvalue weighted by atomic mass is 32.2. The van der Waals surface area contributed by atoms with Gasteiger partial charge in [-0.1, -0.05) is 24.3 Å². The first kappa shape index (κ1) is 13.9. The van der Waals surface area contributed by atoms with Crippen molar-refractivity contribution in [3.05, 3.63) is 47.5 Å². The Morgan fingerprint density at radius 3 is 2.27 bits per heavy atom. The van der Waals surface area contributed by atoms with Gasteiger partial charge in [-0.15, -0.1) is 0 Å². The van der Waals surface area contributed by atoms with Crippen molar-refractivity contribution < 1.29 is 13.2 Å². The molecule has 0 spiro atoms. The van der Waals surface area contributed by atoms with Crippen LogP contribution in [-0.4, -0.2) is 38.0 Å². The molecule has 22 heavy (non-hydrogen) atoms. The van der Waals surface area contributed by atoms with Crippen molar-refractivity contribution in [2.75, 3.05) is 13.1 Å². The average molecular weight is 316 g/mol. The van der Waals surface area contributed by atoms with E-state index in [-0.39, 0.29) is 18.0 Å². The molecule has 0 saturated carbocycles. The van der Waals surface area contributed by atoms with E-state index in [1.54, 1.807) is 28.6 Å². The summed E-state index contributed by atoms with van der Waals surface area (Å²) < 4.78 is 32.6. The molecule has 2 saturated heterocycles. The van der Waals surface area contributed by atoms with Gasteiger partial charge < -0.3 is 4.74 Å². The van der Waals surface area contributed by atoms with Crippen molar-refractivity contribution in [2.24, 2.45) is 11.8 Å². The van der Waals surface area contributed by atoms with Crippen LogP contribution in [0.1, 0.15) is 11.1 Å². The van der Waals surface area contributed by atoms with E-state index in [0.29, 0.717) is 36.1 Å². The van der Waals surface area contributed by atoms with Crippen molar-refractivity contribution in [3.8, 4) is 6.07 Å². The Balaban J connectivity index is 1.49. The summed E-state index contributed by atoms with van der Waals surface area (Å²) in [6.07, 6.45) is 4.29. The fraction of sp³-hybridized carbons (Fsp3) is 0.438. The molecule has 6 heteroatoms. The first-order valence-electron chi connectivity index (χ1n) is 7.37. The van der Waals surface area contributed by atoms with Crippen LogP contribution >= 0.6 is 0 Å². The number of rotatable bonds is 3. The molecule has 1 aromatic carbocycles. The van der Waals surface area contributed by atoms with Gasteiger partial charge in [0.1, 0.15) is 0 Å². The minimum absolute atomic E-state index is 0.0121. The molecule has 3 heterocycles. The van der Waals surface area contributed by atoms with Gasteiger partial charge >= 0.3 is 0 Å². The molecule has 5 nitrogen and oxygen atoms in total. The van der Waals surface area contributed by atoms with Crippen LogP contribution in [-0.2, 0) is 20.5 Å². The first-order valence-corrected chi connectivity index (χ1v) is 8.98. The van der Waals surface area contributed by atoms with E-state index in [0.717, 1.165) is 0 Å². The van der Waals surface area contributed by atoms with Crippen molar-refractivity contribution in [1.82, 2.24) is 4.31 Å². The van der Waals surface area contributed by atoms with Gasteiger partial charge in [0, 0.05) is 24.9 Å². The molecule has 114 valence electrons. The third-order valence-corrected chi connectivity index (χ3v) is 6.64. The molecule has 0 N–H and O–H groups in total. The molecule has 1 aromatic rings. The van der Waals surface area contributed by atoms with E-state index in [2.05, 4.69) is 12.2 Å². The zero-order chi connectivity index (χ0) is 15.3. The summed E-state index contributed by atoms with van der Waals surface area (Å²) in [6, 6.07) is 8.76. The minimum Gasteiger partial charge on any atom is -0.366 e. The van der Waals surface area contributed by atoms with Gasteiger partial charge in [-0.05, 0) is 17.7 Å². The average Bonchev–Trinajstić information content (AvgIpc) is 3.20. The molecule has 0 amide bonds. The SMILES string of the molecule is N#Cc1ccc(CS(=O)(=O)N2CC3C4C=CC(O4)C3C2)cc1. The monoisotopic (exact) mass is 316 g/mol. The summed E-state index contributed by atoms with van der Waals surface area (Å²) in [5, 5.41) is 8.79. The zero-order valence-corrected chi connectivity index (χ0v) is 12.7. The molecule has 2 bridgehead atoms. The largest absolute Gasteiger partial charge is 0.366 e. The Labute approximate surface area is 129 Å². The Morgan fingerprint density at radius 2 is 1.73 bits per heavy atom. The third-order valence-electron chi connectivity index (χ3n) is 4.85. The summed E-state index contributed by atoms with van der Waals surface area (Å²) in [4.78, 5) is 0. The Hall–Kier alpha value is -1.68. The van der Waals surface area contributed by atoms with Crippen LogP contribution in [0.2, 0.25) is 0 Å². The molecular formula is C16H16N2O3S. The Morgan fingerprint density at radius 1 is 1.14 bits per heavy atom. The summed E-state index contributed by atoms with van der Waals surface area (Å²) in [7, 11) is -3.33. The van der Waals surface area contributed by atoms with Crippen LogP contribution < -0.4 is 0 Å². The van der Waals surface area contributed by atoms with Crippen LogP contribution in [0.4, 0.5) is 0 Å². The predicted molar refractivity (Wildman–Crippen MR) is 80.1 cm³/mol. The Kier molecular flexibility index (Phi) is 3.12. The number of ether oxygens (including phenoxy) is 1. The molecule has 0 aromatic heterocycles. The maximum absolute atomic E-state index is 12.6. The maximum atomic E-state index is 12.6.